The first-order valence-corrected chi connectivity index (χ1v) is 8.25. The Labute approximate surface area is 119 Å². The van der Waals surface area contributed by atoms with Gasteiger partial charge in [-0.3, -0.25) is 4.90 Å². The fourth-order valence-corrected chi connectivity index (χ4v) is 3.43. The van der Waals surface area contributed by atoms with E-state index in [-0.39, 0.29) is 0 Å². The van der Waals surface area contributed by atoms with Crippen LogP contribution >= 0.6 is 0 Å². The van der Waals surface area contributed by atoms with Crippen molar-refractivity contribution < 1.29 is 4.74 Å². The Kier molecular flexibility index (Phi) is 6.11. The summed E-state index contributed by atoms with van der Waals surface area (Å²) in [6.45, 7) is 12.6. The highest BCUT2D eigenvalue weighted by atomic mass is 16.5. The Morgan fingerprint density at radius 1 is 1.26 bits per heavy atom. The van der Waals surface area contributed by atoms with E-state index < -0.39 is 0 Å². The molecule has 2 fully saturated rings. The molecule has 0 amide bonds. The summed E-state index contributed by atoms with van der Waals surface area (Å²) >= 11 is 0. The average molecular weight is 268 g/mol. The first-order chi connectivity index (χ1) is 9.20. The predicted molar refractivity (Wildman–Crippen MR) is 80.4 cm³/mol. The molecule has 0 aromatic heterocycles. The van der Waals surface area contributed by atoms with Crippen LogP contribution in [0.5, 0.6) is 0 Å². The molecule has 0 aliphatic carbocycles. The second-order valence-corrected chi connectivity index (χ2v) is 6.71. The lowest BCUT2D eigenvalue weighted by atomic mass is 9.94. The summed E-state index contributed by atoms with van der Waals surface area (Å²) < 4.78 is 5.49. The van der Waals surface area contributed by atoms with E-state index in [1.54, 1.807) is 0 Å². The normalized spacial score (nSPS) is 30.9. The van der Waals surface area contributed by atoms with Gasteiger partial charge >= 0.3 is 0 Å². The molecule has 3 heteroatoms. The zero-order chi connectivity index (χ0) is 13.7. The van der Waals surface area contributed by atoms with Crippen LogP contribution in [0.25, 0.3) is 0 Å². The van der Waals surface area contributed by atoms with Crippen molar-refractivity contribution in [3.05, 3.63) is 0 Å². The monoisotopic (exact) mass is 268 g/mol. The van der Waals surface area contributed by atoms with Crippen molar-refractivity contribution in [2.75, 3.05) is 32.8 Å². The molecule has 2 atom stereocenters. The zero-order valence-corrected chi connectivity index (χ0v) is 13.0. The second kappa shape index (κ2) is 7.61. The summed E-state index contributed by atoms with van der Waals surface area (Å²) in [5.41, 5.74) is 0. The second-order valence-electron chi connectivity index (χ2n) is 6.71. The van der Waals surface area contributed by atoms with Crippen molar-refractivity contribution in [1.29, 1.82) is 0 Å². The van der Waals surface area contributed by atoms with Crippen molar-refractivity contribution in [1.82, 2.24) is 10.2 Å². The lowest BCUT2D eigenvalue weighted by molar-refractivity contribution is 0.0307. The van der Waals surface area contributed by atoms with E-state index in [9.17, 15) is 0 Å². The summed E-state index contributed by atoms with van der Waals surface area (Å²) in [5.74, 6) is 1.60. The number of nitrogens with zero attached hydrogens (tertiary/aromatic N) is 1. The van der Waals surface area contributed by atoms with Gasteiger partial charge in [0.2, 0.25) is 0 Å². The molecule has 3 nitrogen and oxygen atoms in total. The van der Waals surface area contributed by atoms with Gasteiger partial charge in [-0.25, -0.2) is 0 Å². The molecule has 0 spiro atoms. The van der Waals surface area contributed by atoms with Gasteiger partial charge in [0.05, 0.1) is 0 Å². The van der Waals surface area contributed by atoms with E-state index in [1.165, 1.54) is 45.3 Å². The molecule has 2 saturated heterocycles. The minimum Gasteiger partial charge on any atom is -0.381 e. The van der Waals surface area contributed by atoms with Crippen LogP contribution in [0.3, 0.4) is 0 Å². The van der Waals surface area contributed by atoms with Crippen molar-refractivity contribution >= 4 is 0 Å². The molecule has 1 N–H and O–H groups in total. The number of piperazine rings is 1. The van der Waals surface area contributed by atoms with Crippen LogP contribution in [-0.4, -0.2) is 49.8 Å². The number of nitrogens with one attached hydrogen (secondary N) is 1. The summed E-state index contributed by atoms with van der Waals surface area (Å²) in [6.07, 6.45) is 5.15. The highest BCUT2D eigenvalue weighted by Crippen LogP contribution is 2.22. The lowest BCUT2D eigenvalue weighted by Gasteiger charge is -2.43. The molecular weight excluding hydrogens is 236 g/mol. The Morgan fingerprint density at radius 3 is 2.63 bits per heavy atom. The SMILES string of the molecule is CCCC1CNC(C(C)C)CN1CC1CCOCC1. The predicted octanol–water partition coefficient (Wildman–Crippen LogP) is 2.51. The first-order valence-electron chi connectivity index (χ1n) is 8.25. The molecular formula is C16H32N2O. The van der Waals surface area contributed by atoms with Gasteiger partial charge in [0.15, 0.2) is 0 Å². The van der Waals surface area contributed by atoms with Gasteiger partial charge in [0, 0.05) is 44.9 Å². The lowest BCUT2D eigenvalue weighted by Crippen LogP contribution is -2.59. The topological polar surface area (TPSA) is 24.5 Å². The van der Waals surface area contributed by atoms with Crippen LogP contribution in [0.15, 0.2) is 0 Å². The van der Waals surface area contributed by atoms with Crippen molar-refractivity contribution in [2.24, 2.45) is 11.8 Å². The van der Waals surface area contributed by atoms with Crippen LogP contribution in [0, 0.1) is 11.8 Å². The van der Waals surface area contributed by atoms with E-state index in [0.717, 1.165) is 31.1 Å². The Balaban J connectivity index is 1.90. The first kappa shape index (κ1) is 15.3. The summed E-state index contributed by atoms with van der Waals surface area (Å²) in [6, 6.07) is 1.43. The van der Waals surface area contributed by atoms with E-state index in [4.69, 9.17) is 4.74 Å². The Morgan fingerprint density at radius 2 is 2.00 bits per heavy atom. The smallest absolute Gasteiger partial charge is 0.0469 e. The standard InChI is InChI=1S/C16H32N2O/c1-4-5-15-10-17-16(13(2)3)12-18(15)11-14-6-8-19-9-7-14/h13-17H,4-12H2,1-3H3. The molecule has 2 aliphatic heterocycles. The Hall–Kier alpha value is -0.120. The third kappa shape index (κ3) is 4.44. The van der Waals surface area contributed by atoms with Crippen LogP contribution < -0.4 is 5.32 Å². The summed E-state index contributed by atoms with van der Waals surface area (Å²) in [4.78, 5) is 2.78. The average Bonchev–Trinajstić information content (AvgIpc) is 2.42. The van der Waals surface area contributed by atoms with E-state index in [2.05, 4.69) is 31.0 Å². The van der Waals surface area contributed by atoms with Crippen LogP contribution in [0.2, 0.25) is 0 Å². The highest BCUT2D eigenvalue weighted by Gasteiger charge is 2.30. The molecule has 2 rings (SSSR count). The largest absolute Gasteiger partial charge is 0.381 e. The van der Waals surface area contributed by atoms with Crippen LogP contribution in [0.4, 0.5) is 0 Å². The minimum absolute atomic E-state index is 0.674. The summed E-state index contributed by atoms with van der Waals surface area (Å²) in [7, 11) is 0. The maximum Gasteiger partial charge on any atom is 0.0469 e. The number of ether oxygens (including phenoxy) is 1. The molecule has 112 valence electrons. The summed E-state index contributed by atoms with van der Waals surface area (Å²) in [5, 5.41) is 3.75. The van der Waals surface area contributed by atoms with Crippen LogP contribution in [0.1, 0.15) is 46.5 Å². The fraction of sp³-hybridized carbons (Fsp3) is 1.00. The molecule has 2 unspecified atom stereocenters. The van der Waals surface area contributed by atoms with Gasteiger partial charge in [0.25, 0.3) is 0 Å². The molecule has 2 aliphatic rings. The van der Waals surface area contributed by atoms with Crippen molar-refractivity contribution in [2.45, 2.75) is 58.5 Å². The highest BCUT2D eigenvalue weighted by molar-refractivity contribution is 4.88. The number of rotatable bonds is 5. The maximum absolute atomic E-state index is 5.49. The van der Waals surface area contributed by atoms with E-state index in [0.29, 0.717) is 6.04 Å². The van der Waals surface area contributed by atoms with Crippen molar-refractivity contribution in [3.8, 4) is 0 Å². The molecule has 0 bridgehead atoms. The minimum atomic E-state index is 0.674. The van der Waals surface area contributed by atoms with Gasteiger partial charge in [-0.05, 0) is 31.1 Å². The Bertz CT molecular complexity index is 251. The fourth-order valence-electron chi connectivity index (χ4n) is 3.43. The van der Waals surface area contributed by atoms with Crippen LogP contribution in [-0.2, 0) is 4.74 Å². The number of hydrogen-bond acceptors (Lipinski definition) is 3. The third-order valence-corrected chi connectivity index (χ3v) is 4.82. The maximum atomic E-state index is 5.49. The van der Waals surface area contributed by atoms with E-state index in [1.807, 2.05) is 0 Å². The molecule has 2 heterocycles. The molecule has 0 radical (unpaired) electrons. The number of hydrogen-bond donors (Lipinski definition) is 1. The van der Waals surface area contributed by atoms with E-state index >= 15 is 0 Å². The molecule has 19 heavy (non-hydrogen) atoms. The van der Waals surface area contributed by atoms with Gasteiger partial charge in [-0.1, -0.05) is 27.2 Å². The van der Waals surface area contributed by atoms with Crippen molar-refractivity contribution in [3.63, 3.8) is 0 Å². The van der Waals surface area contributed by atoms with Gasteiger partial charge in [0.1, 0.15) is 0 Å². The molecule has 0 saturated carbocycles. The quantitative estimate of drug-likeness (QED) is 0.829. The molecule has 0 aromatic rings. The van der Waals surface area contributed by atoms with Gasteiger partial charge in [-0.15, -0.1) is 0 Å². The molecule has 0 aromatic carbocycles. The third-order valence-electron chi connectivity index (χ3n) is 4.82. The zero-order valence-electron chi connectivity index (χ0n) is 13.0. The van der Waals surface area contributed by atoms with Gasteiger partial charge in [-0.2, -0.15) is 0 Å². The van der Waals surface area contributed by atoms with Gasteiger partial charge < -0.3 is 10.1 Å².